The Bertz CT molecular complexity index is 240. The van der Waals surface area contributed by atoms with E-state index in [0.717, 1.165) is 38.2 Å². The second kappa shape index (κ2) is 4.99. The number of ether oxygens (including phenoxy) is 2. The molecule has 2 aliphatic rings. The summed E-state index contributed by atoms with van der Waals surface area (Å²) in [6.45, 7) is 3.94. The fourth-order valence-corrected chi connectivity index (χ4v) is 2.69. The molecule has 0 amide bonds. The molecule has 0 bridgehead atoms. The number of hydrogen-bond donors (Lipinski definition) is 1. The van der Waals surface area contributed by atoms with Crippen molar-refractivity contribution in [3.8, 4) is 0 Å². The van der Waals surface area contributed by atoms with Crippen molar-refractivity contribution >= 4 is 0 Å². The Balaban J connectivity index is 2.04. The van der Waals surface area contributed by atoms with Crippen LogP contribution in [0.15, 0.2) is 11.8 Å². The molecule has 3 unspecified atom stereocenters. The van der Waals surface area contributed by atoms with Crippen LogP contribution in [0.25, 0.3) is 0 Å². The van der Waals surface area contributed by atoms with E-state index in [-0.39, 0.29) is 0 Å². The van der Waals surface area contributed by atoms with E-state index >= 15 is 0 Å². The van der Waals surface area contributed by atoms with E-state index in [9.17, 15) is 0 Å². The fraction of sp³-hybridized carbons (Fsp3) is 0.833. The first-order valence-corrected chi connectivity index (χ1v) is 5.98. The lowest BCUT2D eigenvalue weighted by atomic mass is 9.90. The number of hydrogen-bond acceptors (Lipinski definition) is 3. The first-order valence-electron chi connectivity index (χ1n) is 5.98. The number of likely N-dealkylation sites (N-methyl/N-ethyl adjacent to an activating group) is 1. The van der Waals surface area contributed by atoms with Gasteiger partial charge in [0.2, 0.25) is 0 Å². The largest absolute Gasteiger partial charge is 0.496 e. The molecule has 1 N–H and O–H groups in total. The number of rotatable bonds is 4. The van der Waals surface area contributed by atoms with Gasteiger partial charge in [0.25, 0.3) is 0 Å². The molecule has 0 aromatic rings. The van der Waals surface area contributed by atoms with Crippen LogP contribution in [-0.2, 0) is 9.47 Å². The van der Waals surface area contributed by atoms with Crippen LogP contribution in [0.5, 0.6) is 0 Å². The average Bonchev–Trinajstić information content (AvgIpc) is 2.89. The van der Waals surface area contributed by atoms with E-state index in [1.165, 1.54) is 0 Å². The fourth-order valence-electron chi connectivity index (χ4n) is 2.69. The first kappa shape index (κ1) is 11.0. The summed E-state index contributed by atoms with van der Waals surface area (Å²) in [7, 11) is 2.01. The van der Waals surface area contributed by atoms with Crippen molar-refractivity contribution in [2.45, 2.75) is 38.3 Å². The minimum atomic E-state index is 0.347. The molecule has 1 fully saturated rings. The summed E-state index contributed by atoms with van der Waals surface area (Å²) < 4.78 is 11.4. The summed E-state index contributed by atoms with van der Waals surface area (Å²) in [5.41, 5.74) is 0. The highest BCUT2D eigenvalue weighted by atomic mass is 16.5. The molecular formula is C12H21NO2. The summed E-state index contributed by atoms with van der Waals surface area (Å²) in [5.74, 6) is 1.70. The molecule has 3 atom stereocenters. The third-order valence-electron chi connectivity index (χ3n) is 3.44. The maximum atomic E-state index is 5.73. The van der Waals surface area contributed by atoms with Crippen molar-refractivity contribution in [1.82, 2.24) is 5.32 Å². The minimum absolute atomic E-state index is 0.347. The summed E-state index contributed by atoms with van der Waals surface area (Å²) in [6, 6.07) is 0.347. The highest BCUT2D eigenvalue weighted by molar-refractivity contribution is 5.10. The van der Waals surface area contributed by atoms with Crippen LogP contribution in [0.3, 0.4) is 0 Å². The molecular weight excluding hydrogens is 190 g/mol. The zero-order valence-electron chi connectivity index (χ0n) is 9.66. The smallest absolute Gasteiger partial charge is 0.109 e. The summed E-state index contributed by atoms with van der Waals surface area (Å²) >= 11 is 0. The SMILES string of the molecule is CCC1OCCC1C(NC)C1=CCCO1. The average molecular weight is 211 g/mol. The highest BCUT2D eigenvalue weighted by Crippen LogP contribution is 2.31. The van der Waals surface area contributed by atoms with Gasteiger partial charge in [0, 0.05) is 18.9 Å². The van der Waals surface area contributed by atoms with Crippen LogP contribution in [0, 0.1) is 5.92 Å². The van der Waals surface area contributed by atoms with Crippen LogP contribution in [-0.4, -0.2) is 32.4 Å². The Morgan fingerprint density at radius 3 is 3.00 bits per heavy atom. The molecule has 0 aliphatic carbocycles. The Morgan fingerprint density at radius 2 is 2.40 bits per heavy atom. The van der Waals surface area contributed by atoms with E-state index in [4.69, 9.17) is 9.47 Å². The van der Waals surface area contributed by atoms with E-state index in [2.05, 4.69) is 18.3 Å². The molecule has 3 nitrogen and oxygen atoms in total. The van der Waals surface area contributed by atoms with Crippen LogP contribution in [0.2, 0.25) is 0 Å². The minimum Gasteiger partial charge on any atom is -0.496 e. The van der Waals surface area contributed by atoms with Gasteiger partial charge in [-0.25, -0.2) is 0 Å². The maximum Gasteiger partial charge on any atom is 0.109 e. The van der Waals surface area contributed by atoms with E-state index in [0.29, 0.717) is 18.1 Å². The van der Waals surface area contributed by atoms with Gasteiger partial charge < -0.3 is 14.8 Å². The molecule has 0 aromatic carbocycles. The van der Waals surface area contributed by atoms with E-state index < -0.39 is 0 Å². The molecule has 15 heavy (non-hydrogen) atoms. The second-order valence-corrected chi connectivity index (χ2v) is 4.28. The van der Waals surface area contributed by atoms with Crippen LogP contribution >= 0.6 is 0 Å². The molecule has 0 saturated carbocycles. The van der Waals surface area contributed by atoms with Gasteiger partial charge in [0.1, 0.15) is 5.76 Å². The predicted octanol–water partition coefficient (Wildman–Crippen LogP) is 1.69. The zero-order valence-corrected chi connectivity index (χ0v) is 9.66. The predicted molar refractivity (Wildman–Crippen MR) is 59.6 cm³/mol. The quantitative estimate of drug-likeness (QED) is 0.767. The third-order valence-corrected chi connectivity index (χ3v) is 3.44. The van der Waals surface area contributed by atoms with Crippen LogP contribution in [0.4, 0.5) is 0 Å². The van der Waals surface area contributed by atoms with Gasteiger partial charge in [-0.3, -0.25) is 0 Å². The molecule has 0 spiro atoms. The Hall–Kier alpha value is -0.540. The van der Waals surface area contributed by atoms with Crippen LogP contribution in [0.1, 0.15) is 26.2 Å². The summed E-state index contributed by atoms with van der Waals surface area (Å²) in [5, 5.41) is 3.38. The van der Waals surface area contributed by atoms with Crippen molar-refractivity contribution in [3.05, 3.63) is 11.8 Å². The topological polar surface area (TPSA) is 30.5 Å². The molecule has 3 heteroatoms. The Kier molecular flexibility index (Phi) is 3.65. The Labute approximate surface area is 91.8 Å². The van der Waals surface area contributed by atoms with Gasteiger partial charge in [-0.1, -0.05) is 6.92 Å². The molecule has 1 saturated heterocycles. The lowest BCUT2D eigenvalue weighted by Gasteiger charge is -2.27. The van der Waals surface area contributed by atoms with Gasteiger partial charge in [0.15, 0.2) is 0 Å². The zero-order chi connectivity index (χ0) is 10.7. The highest BCUT2D eigenvalue weighted by Gasteiger charge is 2.36. The molecule has 2 rings (SSSR count). The normalized spacial score (nSPS) is 32.5. The van der Waals surface area contributed by atoms with E-state index in [1.807, 2.05) is 7.05 Å². The third kappa shape index (κ3) is 2.18. The number of nitrogens with one attached hydrogen (secondary N) is 1. The first-order chi connectivity index (χ1) is 7.36. The van der Waals surface area contributed by atoms with Crippen molar-refractivity contribution in [3.63, 3.8) is 0 Å². The van der Waals surface area contributed by atoms with E-state index in [1.54, 1.807) is 0 Å². The molecule has 0 radical (unpaired) electrons. The Morgan fingerprint density at radius 1 is 1.53 bits per heavy atom. The van der Waals surface area contributed by atoms with Crippen LogP contribution < -0.4 is 5.32 Å². The monoisotopic (exact) mass is 211 g/mol. The molecule has 86 valence electrons. The standard InChI is InChI=1S/C12H21NO2/c1-3-10-9(6-8-15-10)12(13-2)11-5-4-7-14-11/h5,9-10,12-13H,3-4,6-8H2,1-2H3. The van der Waals surface area contributed by atoms with Crippen molar-refractivity contribution in [2.24, 2.45) is 5.92 Å². The van der Waals surface area contributed by atoms with Gasteiger partial charge >= 0.3 is 0 Å². The van der Waals surface area contributed by atoms with Gasteiger partial charge in [-0.15, -0.1) is 0 Å². The van der Waals surface area contributed by atoms with Gasteiger partial charge in [-0.05, 0) is 26.0 Å². The lowest BCUT2D eigenvalue weighted by Crippen LogP contribution is -2.39. The van der Waals surface area contributed by atoms with Crippen molar-refractivity contribution < 1.29 is 9.47 Å². The van der Waals surface area contributed by atoms with Crippen molar-refractivity contribution in [1.29, 1.82) is 0 Å². The summed E-state index contributed by atoms with van der Waals surface area (Å²) in [4.78, 5) is 0. The maximum absolute atomic E-state index is 5.73. The summed E-state index contributed by atoms with van der Waals surface area (Å²) in [6.07, 6.45) is 5.90. The lowest BCUT2D eigenvalue weighted by molar-refractivity contribution is 0.0741. The van der Waals surface area contributed by atoms with Crippen molar-refractivity contribution in [2.75, 3.05) is 20.3 Å². The van der Waals surface area contributed by atoms with Gasteiger partial charge in [0.05, 0.1) is 18.8 Å². The molecule has 2 heterocycles. The van der Waals surface area contributed by atoms with Gasteiger partial charge in [-0.2, -0.15) is 0 Å². The second-order valence-electron chi connectivity index (χ2n) is 4.28. The molecule has 2 aliphatic heterocycles. The molecule has 0 aromatic heterocycles.